The first-order valence-corrected chi connectivity index (χ1v) is 8.18. The minimum atomic E-state index is -0.0684. The number of carbonyl (C=O) groups excluding carboxylic acids is 1. The van der Waals surface area contributed by atoms with E-state index in [4.69, 9.17) is 0 Å². The SMILES string of the molecule is Cc1nc(NCCN(C)C)cc(C(=O)N2CCc3ccccc32)n1. The average Bonchev–Trinajstić information content (AvgIpc) is 2.97. The lowest BCUT2D eigenvalue weighted by molar-refractivity contribution is 0.0984. The highest BCUT2D eigenvalue weighted by Gasteiger charge is 2.26. The zero-order valence-corrected chi connectivity index (χ0v) is 14.4. The molecule has 24 heavy (non-hydrogen) atoms. The Hall–Kier alpha value is -2.47. The molecule has 0 saturated heterocycles. The lowest BCUT2D eigenvalue weighted by Gasteiger charge is -2.17. The highest BCUT2D eigenvalue weighted by atomic mass is 16.2. The van der Waals surface area contributed by atoms with E-state index in [-0.39, 0.29) is 5.91 Å². The number of para-hydroxylation sites is 1. The summed E-state index contributed by atoms with van der Waals surface area (Å²) in [5.41, 5.74) is 2.63. The monoisotopic (exact) mass is 325 g/mol. The van der Waals surface area contributed by atoms with Gasteiger partial charge in [0.1, 0.15) is 17.3 Å². The Bertz CT molecular complexity index is 744. The minimum Gasteiger partial charge on any atom is -0.369 e. The van der Waals surface area contributed by atoms with Gasteiger partial charge in [-0.1, -0.05) is 18.2 Å². The van der Waals surface area contributed by atoms with Crippen LogP contribution in [0.3, 0.4) is 0 Å². The lowest BCUT2D eigenvalue weighted by atomic mass is 10.2. The summed E-state index contributed by atoms with van der Waals surface area (Å²) in [5, 5.41) is 3.26. The maximum absolute atomic E-state index is 12.9. The number of aryl methyl sites for hydroxylation is 1. The smallest absolute Gasteiger partial charge is 0.277 e. The number of nitrogens with one attached hydrogen (secondary N) is 1. The fraction of sp³-hybridized carbons (Fsp3) is 0.389. The lowest BCUT2D eigenvalue weighted by Crippen LogP contribution is -2.30. The molecule has 1 aliphatic rings. The summed E-state index contributed by atoms with van der Waals surface area (Å²) in [4.78, 5) is 25.5. The fourth-order valence-electron chi connectivity index (χ4n) is 2.86. The van der Waals surface area contributed by atoms with Gasteiger partial charge in [-0.25, -0.2) is 9.97 Å². The molecule has 3 rings (SSSR count). The zero-order chi connectivity index (χ0) is 17.1. The second kappa shape index (κ2) is 6.97. The van der Waals surface area contributed by atoms with E-state index in [0.29, 0.717) is 23.9 Å². The largest absolute Gasteiger partial charge is 0.369 e. The Morgan fingerprint density at radius 1 is 1.29 bits per heavy atom. The number of hydrogen-bond acceptors (Lipinski definition) is 5. The van der Waals surface area contributed by atoms with Crippen molar-refractivity contribution in [3.05, 3.63) is 47.4 Å². The minimum absolute atomic E-state index is 0.0684. The Morgan fingerprint density at radius 3 is 2.88 bits per heavy atom. The number of carbonyl (C=O) groups is 1. The van der Waals surface area contributed by atoms with Crippen LogP contribution in [-0.4, -0.2) is 54.5 Å². The number of rotatable bonds is 5. The predicted molar refractivity (Wildman–Crippen MR) is 95.6 cm³/mol. The van der Waals surface area contributed by atoms with Crippen LogP contribution in [0, 0.1) is 6.92 Å². The first-order valence-electron chi connectivity index (χ1n) is 8.18. The molecule has 0 unspecified atom stereocenters. The maximum Gasteiger partial charge on any atom is 0.277 e. The van der Waals surface area contributed by atoms with Crippen LogP contribution < -0.4 is 10.2 Å². The number of fused-ring (bicyclic) bond motifs is 1. The van der Waals surface area contributed by atoms with E-state index in [1.54, 1.807) is 11.0 Å². The van der Waals surface area contributed by atoms with Gasteiger partial charge in [-0.2, -0.15) is 0 Å². The number of likely N-dealkylation sites (N-methyl/N-ethyl adjacent to an activating group) is 1. The van der Waals surface area contributed by atoms with Gasteiger partial charge in [0.25, 0.3) is 5.91 Å². The maximum atomic E-state index is 12.9. The molecule has 0 spiro atoms. The summed E-state index contributed by atoms with van der Waals surface area (Å²) in [7, 11) is 4.04. The fourth-order valence-corrected chi connectivity index (χ4v) is 2.86. The molecule has 1 N–H and O–H groups in total. The summed E-state index contributed by atoms with van der Waals surface area (Å²) >= 11 is 0. The number of nitrogens with zero attached hydrogens (tertiary/aromatic N) is 4. The van der Waals surface area contributed by atoms with Crippen molar-refractivity contribution in [2.45, 2.75) is 13.3 Å². The summed E-state index contributed by atoms with van der Waals surface area (Å²) in [5.74, 6) is 1.22. The number of benzene rings is 1. The van der Waals surface area contributed by atoms with E-state index < -0.39 is 0 Å². The quantitative estimate of drug-likeness (QED) is 0.910. The van der Waals surface area contributed by atoms with Crippen LogP contribution in [0.2, 0.25) is 0 Å². The Labute approximate surface area is 142 Å². The molecule has 6 nitrogen and oxygen atoms in total. The van der Waals surface area contributed by atoms with E-state index in [9.17, 15) is 4.79 Å². The third kappa shape index (κ3) is 3.54. The second-order valence-corrected chi connectivity index (χ2v) is 6.25. The van der Waals surface area contributed by atoms with E-state index in [2.05, 4.69) is 26.3 Å². The zero-order valence-electron chi connectivity index (χ0n) is 14.4. The molecule has 0 aliphatic carbocycles. The highest BCUT2D eigenvalue weighted by Crippen LogP contribution is 2.28. The van der Waals surface area contributed by atoms with Crippen molar-refractivity contribution >= 4 is 17.4 Å². The molecule has 0 fully saturated rings. The molecule has 0 saturated carbocycles. The van der Waals surface area contributed by atoms with Crippen molar-refractivity contribution in [1.82, 2.24) is 14.9 Å². The molecule has 6 heteroatoms. The van der Waals surface area contributed by atoms with Crippen molar-refractivity contribution in [2.24, 2.45) is 0 Å². The van der Waals surface area contributed by atoms with Gasteiger partial charge in [-0.05, 0) is 39.1 Å². The number of amides is 1. The topological polar surface area (TPSA) is 61.4 Å². The van der Waals surface area contributed by atoms with Crippen molar-refractivity contribution in [3.8, 4) is 0 Å². The summed E-state index contributed by atoms with van der Waals surface area (Å²) in [6.07, 6.45) is 0.889. The molecule has 126 valence electrons. The molecule has 2 aromatic rings. The molecular formula is C18H23N5O. The molecule has 2 heterocycles. The normalized spacial score (nSPS) is 13.2. The summed E-state index contributed by atoms with van der Waals surface area (Å²) < 4.78 is 0. The molecule has 0 bridgehead atoms. The van der Waals surface area contributed by atoms with Gasteiger partial charge >= 0.3 is 0 Å². The van der Waals surface area contributed by atoms with Crippen LogP contribution in [0.5, 0.6) is 0 Å². The second-order valence-electron chi connectivity index (χ2n) is 6.25. The molecule has 1 aliphatic heterocycles. The Balaban J connectivity index is 1.79. The average molecular weight is 325 g/mol. The van der Waals surface area contributed by atoms with Crippen LogP contribution in [0.15, 0.2) is 30.3 Å². The number of hydrogen-bond donors (Lipinski definition) is 1. The highest BCUT2D eigenvalue weighted by molar-refractivity contribution is 6.06. The molecule has 1 amide bonds. The molecule has 1 aromatic carbocycles. The molecule has 0 radical (unpaired) electrons. The number of anilines is 2. The van der Waals surface area contributed by atoms with Gasteiger partial charge in [0.2, 0.25) is 0 Å². The van der Waals surface area contributed by atoms with E-state index in [0.717, 1.165) is 25.2 Å². The molecular weight excluding hydrogens is 302 g/mol. The van der Waals surface area contributed by atoms with Crippen LogP contribution in [0.4, 0.5) is 11.5 Å². The van der Waals surface area contributed by atoms with Gasteiger partial charge < -0.3 is 15.1 Å². The van der Waals surface area contributed by atoms with Gasteiger partial charge in [0.15, 0.2) is 0 Å². The van der Waals surface area contributed by atoms with Crippen molar-refractivity contribution in [3.63, 3.8) is 0 Å². The van der Waals surface area contributed by atoms with E-state index in [1.165, 1.54) is 5.56 Å². The third-order valence-corrected chi connectivity index (χ3v) is 4.05. The number of aromatic nitrogens is 2. The van der Waals surface area contributed by atoms with Crippen molar-refractivity contribution in [2.75, 3.05) is 43.9 Å². The third-order valence-electron chi connectivity index (χ3n) is 4.05. The Kier molecular flexibility index (Phi) is 4.76. The molecule has 0 atom stereocenters. The summed E-state index contributed by atoms with van der Waals surface area (Å²) in [6.45, 7) is 4.17. The van der Waals surface area contributed by atoms with Crippen molar-refractivity contribution < 1.29 is 4.79 Å². The van der Waals surface area contributed by atoms with Crippen LogP contribution in [0.1, 0.15) is 21.9 Å². The van der Waals surface area contributed by atoms with Crippen molar-refractivity contribution in [1.29, 1.82) is 0 Å². The van der Waals surface area contributed by atoms with Crippen LogP contribution in [-0.2, 0) is 6.42 Å². The summed E-state index contributed by atoms with van der Waals surface area (Å²) in [6, 6.07) is 9.77. The first-order chi connectivity index (χ1) is 11.5. The predicted octanol–water partition coefficient (Wildman–Crippen LogP) is 1.96. The standard InChI is InChI=1S/C18H23N5O/c1-13-20-15(12-17(21-13)19-9-11-22(2)3)18(24)23-10-8-14-6-4-5-7-16(14)23/h4-7,12H,8-11H2,1-3H3,(H,19,20,21). The van der Waals surface area contributed by atoms with E-state index in [1.807, 2.05) is 39.2 Å². The van der Waals surface area contributed by atoms with Gasteiger partial charge in [0.05, 0.1) is 0 Å². The van der Waals surface area contributed by atoms with Gasteiger partial charge in [-0.3, -0.25) is 4.79 Å². The van der Waals surface area contributed by atoms with Crippen LogP contribution >= 0.6 is 0 Å². The van der Waals surface area contributed by atoms with Gasteiger partial charge in [0, 0.05) is 31.4 Å². The van der Waals surface area contributed by atoms with E-state index >= 15 is 0 Å². The molecule has 1 aromatic heterocycles. The van der Waals surface area contributed by atoms with Crippen LogP contribution in [0.25, 0.3) is 0 Å². The first kappa shape index (κ1) is 16.4. The van der Waals surface area contributed by atoms with Gasteiger partial charge in [-0.15, -0.1) is 0 Å². The Morgan fingerprint density at radius 2 is 2.08 bits per heavy atom.